The fourth-order valence-corrected chi connectivity index (χ4v) is 3.81. The molecular weight excluding hydrogens is 342 g/mol. The standard InChI is InChI=1S/C20H29N5S/c1-23(2)19-11-12-21-20(22-19)24(3)17-6-5-13-25(15-17)14-16-7-9-18(26-4)10-8-16/h7-12,17H,5-6,13-15H2,1-4H3. The van der Waals surface area contributed by atoms with Crippen molar-refractivity contribution < 1.29 is 0 Å². The van der Waals surface area contributed by atoms with Gasteiger partial charge in [-0.15, -0.1) is 11.8 Å². The van der Waals surface area contributed by atoms with E-state index in [1.807, 2.05) is 31.3 Å². The van der Waals surface area contributed by atoms with Gasteiger partial charge in [-0.1, -0.05) is 12.1 Å². The topological polar surface area (TPSA) is 35.5 Å². The van der Waals surface area contributed by atoms with Crippen LogP contribution < -0.4 is 9.80 Å². The summed E-state index contributed by atoms with van der Waals surface area (Å²) in [6, 6.07) is 11.3. The van der Waals surface area contributed by atoms with Crippen LogP contribution in [0.4, 0.5) is 11.8 Å². The summed E-state index contributed by atoms with van der Waals surface area (Å²) in [5.41, 5.74) is 1.39. The van der Waals surface area contributed by atoms with Gasteiger partial charge in [0.15, 0.2) is 0 Å². The van der Waals surface area contributed by atoms with Crippen LogP contribution in [0.5, 0.6) is 0 Å². The van der Waals surface area contributed by atoms with E-state index in [4.69, 9.17) is 4.98 Å². The second-order valence-electron chi connectivity index (χ2n) is 7.10. The van der Waals surface area contributed by atoms with Crippen molar-refractivity contribution in [1.29, 1.82) is 0 Å². The SMILES string of the molecule is CSc1ccc(CN2CCCC(N(C)c3nccc(N(C)C)n3)C2)cc1. The van der Waals surface area contributed by atoms with Crippen molar-refractivity contribution in [3.05, 3.63) is 42.1 Å². The van der Waals surface area contributed by atoms with Crippen LogP contribution in [0.3, 0.4) is 0 Å². The van der Waals surface area contributed by atoms with Crippen LogP contribution in [0.2, 0.25) is 0 Å². The number of benzene rings is 1. The minimum Gasteiger partial charge on any atom is -0.363 e. The number of hydrogen-bond acceptors (Lipinski definition) is 6. The van der Waals surface area contributed by atoms with Gasteiger partial charge in [0.2, 0.25) is 5.95 Å². The third-order valence-corrected chi connectivity index (χ3v) is 5.74. The monoisotopic (exact) mass is 371 g/mol. The lowest BCUT2D eigenvalue weighted by molar-refractivity contribution is 0.198. The van der Waals surface area contributed by atoms with Gasteiger partial charge in [0, 0.05) is 51.4 Å². The molecule has 1 fully saturated rings. The van der Waals surface area contributed by atoms with E-state index >= 15 is 0 Å². The van der Waals surface area contributed by atoms with Crippen molar-refractivity contribution in [3.8, 4) is 0 Å². The van der Waals surface area contributed by atoms with Crippen LogP contribution in [0, 0.1) is 0 Å². The number of anilines is 2. The summed E-state index contributed by atoms with van der Waals surface area (Å²) in [5, 5.41) is 0. The molecular formula is C20H29N5S. The van der Waals surface area contributed by atoms with Crippen LogP contribution in [-0.2, 0) is 6.54 Å². The molecule has 26 heavy (non-hydrogen) atoms. The third-order valence-electron chi connectivity index (χ3n) is 5.00. The molecule has 0 N–H and O–H groups in total. The van der Waals surface area contributed by atoms with Crippen LogP contribution in [-0.4, -0.2) is 61.4 Å². The molecule has 1 aromatic carbocycles. The summed E-state index contributed by atoms with van der Waals surface area (Å²) in [7, 11) is 6.14. The lowest BCUT2D eigenvalue weighted by atomic mass is 10.0. The van der Waals surface area contributed by atoms with Crippen molar-refractivity contribution in [2.75, 3.05) is 50.3 Å². The molecule has 0 aliphatic carbocycles. The van der Waals surface area contributed by atoms with E-state index in [9.17, 15) is 0 Å². The number of aromatic nitrogens is 2. The maximum absolute atomic E-state index is 4.70. The number of thioether (sulfide) groups is 1. The number of rotatable bonds is 6. The lowest BCUT2D eigenvalue weighted by Gasteiger charge is -2.37. The van der Waals surface area contributed by atoms with Crippen LogP contribution in [0.25, 0.3) is 0 Å². The van der Waals surface area contributed by atoms with E-state index in [0.717, 1.165) is 31.4 Å². The highest BCUT2D eigenvalue weighted by molar-refractivity contribution is 7.98. The van der Waals surface area contributed by atoms with Gasteiger partial charge in [-0.05, 0) is 49.4 Å². The van der Waals surface area contributed by atoms with E-state index in [2.05, 4.69) is 52.4 Å². The Balaban J connectivity index is 1.64. The third kappa shape index (κ3) is 4.68. The molecule has 1 atom stereocenters. The highest BCUT2D eigenvalue weighted by Gasteiger charge is 2.25. The molecule has 2 aromatic rings. The quantitative estimate of drug-likeness (QED) is 0.725. The summed E-state index contributed by atoms with van der Waals surface area (Å²) in [5.74, 6) is 1.76. The van der Waals surface area contributed by atoms with E-state index in [0.29, 0.717) is 6.04 Å². The molecule has 3 rings (SSSR count). The first-order valence-corrected chi connectivity index (χ1v) is 10.4. The zero-order valence-electron chi connectivity index (χ0n) is 16.2. The number of piperidine rings is 1. The molecule has 2 heterocycles. The number of likely N-dealkylation sites (tertiary alicyclic amines) is 1. The molecule has 6 heteroatoms. The zero-order chi connectivity index (χ0) is 18.5. The largest absolute Gasteiger partial charge is 0.363 e. The molecule has 5 nitrogen and oxygen atoms in total. The van der Waals surface area contributed by atoms with E-state index < -0.39 is 0 Å². The van der Waals surface area contributed by atoms with Gasteiger partial charge in [0.05, 0.1) is 0 Å². The van der Waals surface area contributed by atoms with Crippen LogP contribution in [0.15, 0.2) is 41.4 Å². The fourth-order valence-electron chi connectivity index (χ4n) is 3.40. The van der Waals surface area contributed by atoms with Gasteiger partial charge in [-0.2, -0.15) is 4.98 Å². The average molecular weight is 372 g/mol. The molecule has 1 unspecified atom stereocenters. The Bertz CT molecular complexity index is 704. The normalized spacial score (nSPS) is 17.9. The van der Waals surface area contributed by atoms with Gasteiger partial charge in [-0.3, -0.25) is 4.90 Å². The highest BCUT2D eigenvalue weighted by atomic mass is 32.2. The highest BCUT2D eigenvalue weighted by Crippen LogP contribution is 2.22. The van der Waals surface area contributed by atoms with Crippen molar-refractivity contribution in [2.24, 2.45) is 0 Å². The number of nitrogens with zero attached hydrogens (tertiary/aromatic N) is 5. The van der Waals surface area contributed by atoms with Crippen LogP contribution >= 0.6 is 11.8 Å². The van der Waals surface area contributed by atoms with Gasteiger partial charge in [0.1, 0.15) is 5.82 Å². The van der Waals surface area contributed by atoms with Crippen molar-refractivity contribution in [2.45, 2.75) is 30.3 Å². The summed E-state index contributed by atoms with van der Waals surface area (Å²) < 4.78 is 0. The summed E-state index contributed by atoms with van der Waals surface area (Å²) in [6.07, 6.45) is 6.37. The maximum Gasteiger partial charge on any atom is 0.227 e. The Morgan fingerprint density at radius 1 is 1.15 bits per heavy atom. The molecule has 1 aromatic heterocycles. The number of hydrogen-bond donors (Lipinski definition) is 0. The Morgan fingerprint density at radius 2 is 1.92 bits per heavy atom. The summed E-state index contributed by atoms with van der Waals surface area (Å²) in [6.45, 7) is 3.22. The maximum atomic E-state index is 4.70. The molecule has 0 bridgehead atoms. The average Bonchev–Trinajstić information content (AvgIpc) is 2.68. The molecule has 0 saturated carbocycles. The van der Waals surface area contributed by atoms with Crippen molar-refractivity contribution >= 4 is 23.5 Å². The lowest BCUT2D eigenvalue weighted by Crippen LogP contribution is -2.46. The molecule has 140 valence electrons. The number of likely N-dealkylation sites (N-methyl/N-ethyl adjacent to an activating group) is 1. The Hall–Kier alpha value is -1.79. The van der Waals surface area contributed by atoms with Gasteiger partial charge in [-0.25, -0.2) is 4.98 Å². The van der Waals surface area contributed by atoms with E-state index in [1.54, 1.807) is 11.8 Å². The van der Waals surface area contributed by atoms with Crippen molar-refractivity contribution in [3.63, 3.8) is 0 Å². The van der Waals surface area contributed by atoms with E-state index in [-0.39, 0.29) is 0 Å². The zero-order valence-corrected chi connectivity index (χ0v) is 17.0. The summed E-state index contributed by atoms with van der Waals surface area (Å²) in [4.78, 5) is 17.3. The molecule has 0 radical (unpaired) electrons. The predicted molar refractivity (Wildman–Crippen MR) is 111 cm³/mol. The first-order chi connectivity index (χ1) is 12.6. The molecule has 0 spiro atoms. The van der Waals surface area contributed by atoms with Gasteiger partial charge in [0.25, 0.3) is 0 Å². The Morgan fingerprint density at radius 3 is 2.62 bits per heavy atom. The van der Waals surface area contributed by atoms with Gasteiger partial charge >= 0.3 is 0 Å². The first-order valence-electron chi connectivity index (χ1n) is 9.15. The predicted octanol–water partition coefficient (Wildman–Crippen LogP) is 3.37. The Kier molecular flexibility index (Phi) is 6.38. The Labute approximate surface area is 161 Å². The second-order valence-corrected chi connectivity index (χ2v) is 7.98. The molecule has 1 saturated heterocycles. The minimum absolute atomic E-state index is 0.451. The first kappa shape index (κ1) is 19.0. The van der Waals surface area contributed by atoms with Crippen LogP contribution in [0.1, 0.15) is 18.4 Å². The summed E-state index contributed by atoms with van der Waals surface area (Å²) >= 11 is 1.79. The van der Waals surface area contributed by atoms with Crippen molar-refractivity contribution in [1.82, 2.24) is 14.9 Å². The second kappa shape index (κ2) is 8.73. The smallest absolute Gasteiger partial charge is 0.227 e. The fraction of sp³-hybridized carbons (Fsp3) is 0.500. The molecule has 1 aliphatic rings. The molecule has 0 amide bonds. The molecule has 1 aliphatic heterocycles. The van der Waals surface area contributed by atoms with Gasteiger partial charge < -0.3 is 9.80 Å². The van der Waals surface area contributed by atoms with E-state index in [1.165, 1.54) is 23.3 Å². The minimum atomic E-state index is 0.451.